The molecule has 156 valence electrons. The van der Waals surface area contributed by atoms with Crippen LogP contribution in [0.5, 0.6) is 0 Å². The molecule has 5 aromatic rings. The normalized spacial score (nSPS) is 11.1. The standard InChI is InChI=1S/C27H19IN2OS/c1-16-7-9-17(10-8-16)21-15-22(18-11-13-20(28)14-12-18)30-27-23(21)24(29)26(32-27)25(31)19-5-3-2-4-6-19/h2-15H,29H2,1H3. The van der Waals surface area contributed by atoms with Gasteiger partial charge in [0.05, 0.1) is 11.4 Å². The van der Waals surface area contributed by atoms with E-state index in [4.69, 9.17) is 10.7 Å². The van der Waals surface area contributed by atoms with Crippen LogP contribution >= 0.6 is 33.9 Å². The molecule has 0 amide bonds. The van der Waals surface area contributed by atoms with Crippen LogP contribution in [0.1, 0.15) is 20.8 Å². The van der Waals surface area contributed by atoms with Gasteiger partial charge in [-0.25, -0.2) is 4.98 Å². The first kappa shape index (κ1) is 20.8. The number of carbonyl (C=O) groups excluding carboxylic acids is 1. The number of ketones is 1. The number of hydrogen-bond donors (Lipinski definition) is 1. The van der Waals surface area contributed by atoms with Crippen LogP contribution in [-0.2, 0) is 0 Å². The van der Waals surface area contributed by atoms with Crippen LogP contribution in [0.15, 0.2) is 84.9 Å². The van der Waals surface area contributed by atoms with Gasteiger partial charge in [-0.05, 0) is 58.8 Å². The lowest BCUT2D eigenvalue weighted by atomic mass is 9.98. The zero-order valence-corrected chi connectivity index (χ0v) is 20.3. The maximum atomic E-state index is 13.2. The number of nitrogens with zero attached hydrogens (tertiary/aromatic N) is 1. The Morgan fingerprint density at radius 1 is 0.906 bits per heavy atom. The highest BCUT2D eigenvalue weighted by molar-refractivity contribution is 14.1. The largest absolute Gasteiger partial charge is 0.397 e. The summed E-state index contributed by atoms with van der Waals surface area (Å²) in [5.74, 6) is -0.0724. The van der Waals surface area contributed by atoms with Gasteiger partial charge in [-0.15, -0.1) is 11.3 Å². The Morgan fingerprint density at radius 2 is 1.56 bits per heavy atom. The number of aromatic nitrogens is 1. The number of pyridine rings is 1. The van der Waals surface area contributed by atoms with Crippen LogP contribution in [-0.4, -0.2) is 10.8 Å². The number of anilines is 1. The van der Waals surface area contributed by atoms with E-state index >= 15 is 0 Å². The first-order valence-corrected chi connectivity index (χ1v) is 12.1. The van der Waals surface area contributed by atoms with Crippen LogP contribution < -0.4 is 5.73 Å². The molecule has 5 heteroatoms. The summed E-state index contributed by atoms with van der Waals surface area (Å²) < 4.78 is 1.17. The Balaban J connectivity index is 1.76. The number of carbonyl (C=O) groups is 1. The van der Waals surface area contributed by atoms with E-state index in [9.17, 15) is 4.79 Å². The van der Waals surface area contributed by atoms with Crippen LogP contribution in [0.2, 0.25) is 0 Å². The minimum atomic E-state index is -0.0724. The molecular weight excluding hydrogens is 527 g/mol. The highest BCUT2D eigenvalue weighted by atomic mass is 127. The minimum absolute atomic E-state index is 0.0724. The van der Waals surface area contributed by atoms with Gasteiger partial charge >= 0.3 is 0 Å². The van der Waals surface area contributed by atoms with E-state index in [2.05, 4.69) is 84.1 Å². The number of nitrogen functional groups attached to an aromatic ring is 1. The predicted octanol–water partition coefficient (Wildman–Crippen LogP) is 7.36. The van der Waals surface area contributed by atoms with Crippen LogP contribution in [0.4, 0.5) is 5.69 Å². The van der Waals surface area contributed by atoms with E-state index in [1.165, 1.54) is 20.5 Å². The summed E-state index contributed by atoms with van der Waals surface area (Å²) in [6.45, 7) is 2.07. The molecule has 3 aromatic carbocycles. The number of nitrogens with two attached hydrogens (primary N) is 1. The molecule has 0 aliphatic rings. The monoisotopic (exact) mass is 546 g/mol. The van der Waals surface area contributed by atoms with E-state index in [1.807, 2.05) is 30.3 Å². The average Bonchev–Trinajstić information content (AvgIpc) is 3.16. The summed E-state index contributed by atoms with van der Waals surface area (Å²) in [7, 11) is 0. The molecule has 2 aromatic heterocycles. The van der Waals surface area contributed by atoms with Crippen molar-refractivity contribution in [2.75, 3.05) is 5.73 Å². The first-order valence-electron chi connectivity index (χ1n) is 10.2. The number of rotatable bonds is 4. The Bertz CT molecular complexity index is 1440. The molecule has 2 N–H and O–H groups in total. The second kappa shape index (κ2) is 8.48. The number of hydrogen-bond acceptors (Lipinski definition) is 4. The summed E-state index contributed by atoms with van der Waals surface area (Å²) >= 11 is 3.66. The maximum absolute atomic E-state index is 13.2. The summed E-state index contributed by atoms with van der Waals surface area (Å²) in [5.41, 5.74) is 12.9. The number of fused-ring (bicyclic) bond motifs is 1. The third-order valence-corrected chi connectivity index (χ3v) is 7.26. The zero-order chi connectivity index (χ0) is 22.2. The van der Waals surface area contributed by atoms with E-state index in [-0.39, 0.29) is 5.78 Å². The molecule has 0 saturated carbocycles. The van der Waals surface area contributed by atoms with Crippen molar-refractivity contribution in [3.8, 4) is 22.4 Å². The molecular formula is C27H19IN2OS. The lowest BCUT2D eigenvalue weighted by Crippen LogP contribution is -2.01. The molecule has 0 saturated heterocycles. The first-order chi connectivity index (χ1) is 15.5. The van der Waals surface area contributed by atoms with Gasteiger partial charge in [0.25, 0.3) is 0 Å². The summed E-state index contributed by atoms with van der Waals surface area (Å²) in [6, 6.07) is 28.0. The Morgan fingerprint density at radius 3 is 2.25 bits per heavy atom. The topological polar surface area (TPSA) is 56.0 Å². The highest BCUT2D eigenvalue weighted by Gasteiger charge is 2.22. The molecule has 0 aliphatic carbocycles. The second-order valence-electron chi connectivity index (χ2n) is 7.65. The van der Waals surface area contributed by atoms with Crippen molar-refractivity contribution in [3.63, 3.8) is 0 Å². The minimum Gasteiger partial charge on any atom is -0.397 e. The van der Waals surface area contributed by atoms with Crippen LogP contribution in [0.3, 0.4) is 0 Å². The van der Waals surface area contributed by atoms with Crippen molar-refractivity contribution in [2.24, 2.45) is 0 Å². The fourth-order valence-electron chi connectivity index (χ4n) is 3.74. The van der Waals surface area contributed by atoms with Crippen molar-refractivity contribution in [2.45, 2.75) is 6.92 Å². The predicted molar refractivity (Wildman–Crippen MR) is 142 cm³/mol. The van der Waals surface area contributed by atoms with Gasteiger partial charge in [-0.3, -0.25) is 4.79 Å². The molecule has 2 heterocycles. The van der Waals surface area contributed by atoms with Gasteiger partial charge in [0, 0.05) is 20.1 Å². The quantitative estimate of drug-likeness (QED) is 0.189. The van der Waals surface area contributed by atoms with E-state index < -0.39 is 0 Å². The third kappa shape index (κ3) is 3.82. The molecule has 32 heavy (non-hydrogen) atoms. The van der Waals surface area contributed by atoms with Gasteiger partial charge < -0.3 is 5.73 Å². The fraction of sp³-hybridized carbons (Fsp3) is 0.0370. The van der Waals surface area contributed by atoms with E-state index in [0.29, 0.717) is 16.1 Å². The van der Waals surface area contributed by atoms with Crippen molar-refractivity contribution >= 4 is 55.6 Å². The van der Waals surface area contributed by atoms with Gasteiger partial charge in [-0.1, -0.05) is 72.3 Å². The second-order valence-corrected chi connectivity index (χ2v) is 9.89. The summed E-state index contributed by atoms with van der Waals surface area (Å²) in [4.78, 5) is 19.4. The molecule has 0 fully saturated rings. The molecule has 0 spiro atoms. The number of thiophene rings is 1. The Labute approximate surface area is 204 Å². The SMILES string of the molecule is Cc1ccc(-c2cc(-c3ccc(I)cc3)nc3sc(C(=O)c4ccccc4)c(N)c23)cc1. The van der Waals surface area contributed by atoms with E-state index in [1.54, 1.807) is 0 Å². The lowest BCUT2D eigenvalue weighted by molar-refractivity contribution is 0.104. The molecule has 0 unspecified atom stereocenters. The molecule has 0 atom stereocenters. The highest BCUT2D eigenvalue weighted by Crippen LogP contribution is 2.42. The lowest BCUT2D eigenvalue weighted by Gasteiger charge is -2.09. The van der Waals surface area contributed by atoms with Gasteiger partial charge in [0.2, 0.25) is 5.78 Å². The van der Waals surface area contributed by atoms with Crippen LogP contribution in [0, 0.1) is 10.5 Å². The van der Waals surface area contributed by atoms with Gasteiger partial charge in [-0.2, -0.15) is 0 Å². The maximum Gasteiger partial charge on any atom is 0.205 e. The van der Waals surface area contributed by atoms with Gasteiger partial charge in [0.15, 0.2) is 0 Å². The van der Waals surface area contributed by atoms with Crippen molar-refractivity contribution in [3.05, 3.63) is 105 Å². The smallest absolute Gasteiger partial charge is 0.205 e. The molecule has 5 rings (SSSR count). The van der Waals surface area contributed by atoms with Crippen LogP contribution in [0.25, 0.3) is 32.6 Å². The Kier molecular flexibility index (Phi) is 5.53. The van der Waals surface area contributed by atoms with Crippen molar-refractivity contribution in [1.29, 1.82) is 0 Å². The summed E-state index contributed by atoms with van der Waals surface area (Å²) in [5, 5.41) is 0.840. The number of benzene rings is 3. The fourth-order valence-corrected chi connectivity index (χ4v) is 5.18. The van der Waals surface area contributed by atoms with E-state index in [0.717, 1.165) is 32.6 Å². The number of halogens is 1. The molecule has 3 nitrogen and oxygen atoms in total. The van der Waals surface area contributed by atoms with Crippen molar-refractivity contribution < 1.29 is 4.79 Å². The zero-order valence-electron chi connectivity index (χ0n) is 17.3. The van der Waals surface area contributed by atoms with Gasteiger partial charge in [0.1, 0.15) is 9.71 Å². The number of aryl methyl sites for hydroxylation is 1. The molecule has 0 aliphatic heterocycles. The average molecular weight is 546 g/mol. The summed E-state index contributed by atoms with van der Waals surface area (Å²) in [6.07, 6.45) is 0. The Hall–Kier alpha value is -3.03. The van der Waals surface area contributed by atoms with Crippen molar-refractivity contribution in [1.82, 2.24) is 4.98 Å². The molecule has 0 bridgehead atoms. The molecule has 0 radical (unpaired) electrons. The third-order valence-electron chi connectivity index (χ3n) is 5.44.